The molecule has 0 aliphatic heterocycles. The van der Waals surface area contributed by atoms with Gasteiger partial charge in [0, 0.05) is 12.1 Å². The number of rotatable bonds is 3. The van der Waals surface area contributed by atoms with Crippen molar-refractivity contribution in [2.75, 3.05) is 0 Å². The molecule has 1 aliphatic rings. The zero-order valence-corrected chi connectivity index (χ0v) is 12.3. The van der Waals surface area contributed by atoms with Crippen LogP contribution in [0, 0.1) is 0 Å². The lowest BCUT2D eigenvalue weighted by molar-refractivity contribution is -0.140. The largest absolute Gasteiger partial charge is 0.416 e. The van der Waals surface area contributed by atoms with Crippen LogP contribution in [0.25, 0.3) is 6.08 Å². The minimum absolute atomic E-state index is 0.000226. The Bertz CT molecular complexity index is 682. The number of carbonyl (C=O) groups is 3. The molecule has 0 aromatic heterocycles. The van der Waals surface area contributed by atoms with Crippen LogP contribution in [0.2, 0.25) is 0 Å². The maximum atomic E-state index is 12.6. The molecule has 1 saturated carbocycles. The summed E-state index contributed by atoms with van der Waals surface area (Å²) in [4.78, 5) is 34.2. The number of benzene rings is 1. The first kappa shape index (κ1) is 17.5. The van der Waals surface area contributed by atoms with Gasteiger partial charge in [-0.1, -0.05) is 12.1 Å². The fourth-order valence-corrected chi connectivity index (χ4v) is 1.69. The Labute approximate surface area is 135 Å². The van der Waals surface area contributed by atoms with Crippen molar-refractivity contribution in [3.05, 3.63) is 41.5 Å². The van der Waals surface area contributed by atoms with E-state index in [2.05, 4.69) is 5.32 Å². The van der Waals surface area contributed by atoms with Crippen molar-refractivity contribution < 1.29 is 27.6 Å². The summed E-state index contributed by atoms with van der Waals surface area (Å²) < 4.78 is 37.7. The highest BCUT2D eigenvalue weighted by Gasteiger charge is 2.30. The van der Waals surface area contributed by atoms with E-state index in [1.165, 1.54) is 12.1 Å². The average molecular weight is 341 g/mol. The molecule has 1 aromatic rings. The highest BCUT2D eigenvalue weighted by Crippen LogP contribution is 2.29. The van der Waals surface area contributed by atoms with Gasteiger partial charge in [-0.25, -0.2) is 0 Å². The molecule has 3 amide bonds. The third-order valence-corrected chi connectivity index (χ3v) is 3.06. The molecule has 0 radical (unpaired) electrons. The van der Waals surface area contributed by atoms with E-state index >= 15 is 0 Å². The van der Waals surface area contributed by atoms with Crippen molar-refractivity contribution >= 4 is 23.8 Å². The van der Waals surface area contributed by atoms with Crippen LogP contribution < -0.4 is 16.2 Å². The first-order chi connectivity index (χ1) is 11.3. The molecule has 24 heavy (non-hydrogen) atoms. The third kappa shape index (κ3) is 5.41. The molecule has 0 spiro atoms. The quantitative estimate of drug-likeness (QED) is 0.438. The van der Waals surface area contributed by atoms with Crippen molar-refractivity contribution in [2.45, 2.75) is 25.1 Å². The molecule has 0 saturated heterocycles. The van der Waals surface area contributed by atoms with E-state index in [0.29, 0.717) is 0 Å². The normalized spacial score (nSPS) is 14.3. The highest BCUT2D eigenvalue weighted by atomic mass is 19.4. The van der Waals surface area contributed by atoms with Crippen LogP contribution in [0.1, 0.15) is 24.0 Å². The Kier molecular flexibility index (Phi) is 5.22. The maximum Gasteiger partial charge on any atom is 0.416 e. The Morgan fingerprint density at radius 1 is 1.08 bits per heavy atom. The summed E-state index contributed by atoms with van der Waals surface area (Å²) in [5.41, 5.74) is 3.20. The fraction of sp³-hybridized carbons (Fsp3) is 0.267. The topological polar surface area (TPSA) is 87.3 Å². The third-order valence-electron chi connectivity index (χ3n) is 3.06. The molecule has 0 bridgehead atoms. The summed E-state index contributed by atoms with van der Waals surface area (Å²) in [6.07, 6.45) is -0.763. The van der Waals surface area contributed by atoms with Gasteiger partial charge in [0.1, 0.15) is 0 Å². The summed E-state index contributed by atoms with van der Waals surface area (Å²) in [6.45, 7) is 0. The second-order valence-corrected chi connectivity index (χ2v) is 5.15. The summed E-state index contributed by atoms with van der Waals surface area (Å²) in [6, 6.07) is 4.40. The molecule has 128 valence electrons. The number of hydrogen-bond acceptors (Lipinski definition) is 3. The van der Waals surface area contributed by atoms with Gasteiger partial charge in [-0.05, 0) is 36.6 Å². The monoisotopic (exact) mass is 341 g/mol. The molecule has 1 fully saturated rings. The van der Waals surface area contributed by atoms with Crippen LogP contribution in [0.4, 0.5) is 13.2 Å². The molecular weight excluding hydrogens is 327 g/mol. The van der Waals surface area contributed by atoms with Crippen LogP contribution in [0.5, 0.6) is 0 Å². The Morgan fingerprint density at radius 2 is 1.79 bits per heavy atom. The van der Waals surface area contributed by atoms with Gasteiger partial charge in [-0.15, -0.1) is 0 Å². The molecule has 1 aromatic carbocycles. The van der Waals surface area contributed by atoms with E-state index in [1.54, 1.807) is 0 Å². The highest BCUT2D eigenvalue weighted by molar-refractivity contribution is 6.35. The van der Waals surface area contributed by atoms with Crippen LogP contribution >= 0.6 is 0 Å². The van der Waals surface area contributed by atoms with Gasteiger partial charge in [0.2, 0.25) is 0 Å². The van der Waals surface area contributed by atoms with E-state index in [1.807, 2.05) is 10.9 Å². The lowest BCUT2D eigenvalue weighted by Gasteiger charge is -2.07. The van der Waals surface area contributed by atoms with Gasteiger partial charge in [0.15, 0.2) is 0 Å². The number of nitrogens with one attached hydrogen (secondary N) is 3. The van der Waals surface area contributed by atoms with Crippen molar-refractivity contribution in [3.63, 3.8) is 0 Å². The molecular formula is C15H14F3N3O3. The molecule has 6 nitrogen and oxygen atoms in total. The molecule has 3 N–H and O–H groups in total. The number of alkyl halides is 3. The van der Waals surface area contributed by atoms with E-state index < -0.39 is 29.5 Å². The summed E-state index contributed by atoms with van der Waals surface area (Å²) >= 11 is 0. The molecule has 2 rings (SSSR count). The lowest BCUT2D eigenvalue weighted by Crippen LogP contribution is -2.48. The second-order valence-electron chi connectivity index (χ2n) is 5.15. The van der Waals surface area contributed by atoms with Gasteiger partial charge in [-0.3, -0.25) is 25.2 Å². The lowest BCUT2D eigenvalue weighted by atomic mass is 10.1. The van der Waals surface area contributed by atoms with Crippen LogP contribution in [-0.2, 0) is 20.6 Å². The maximum absolute atomic E-state index is 12.6. The Hall–Kier alpha value is -2.84. The van der Waals surface area contributed by atoms with E-state index in [4.69, 9.17) is 0 Å². The van der Waals surface area contributed by atoms with Gasteiger partial charge >= 0.3 is 18.0 Å². The summed E-state index contributed by atoms with van der Waals surface area (Å²) in [7, 11) is 0. The molecule has 0 atom stereocenters. The molecule has 0 unspecified atom stereocenters. The van der Waals surface area contributed by atoms with Crippen molar-refractivity contribution in [3.8, 4) is 0 Å². The number of amides is 3. The fourth-order valence-electron chi connectivity index (χ4n) is 1.69. The van der Waals surface area contributed by atoms with Crippen LogP contribution in [0.15, 0.2) is 30.3 Å². The number of hydrogen-bond donors (Lipinski definition) is 3. The first-order valence-corrected chi connectivity index (χ1v) is 7.02. The van der Waals surface area contributed by atoms with Crippen molar-refractivity contribution in [2.24, 2.45) is 0 Å². The molecule has 1 aliphatic carbocycles. The van der Waals surface area contributed by atoms with Gasteiger partial charge in [0.25, 0.3) is 5.91 Å². The average Bonchev–Trinajstić information content (AvgIpc) is 3.34. The number of halogens is 3. The van der Waals surface area contributed by atoms with Crippen molar-refractivity contribution in [1.29, 1.82) is 0 Å². The van der Waals surface area contributed by atoms with Crippen LogP contribution in [-0.4, -0.2) is 23.8 Å². The van der Waals surface area contributed by atoms with Crippen molar-refractivity contribution in [1.82, 2.24) is 16.2 Å². The number of carbonyl (C=O) groups excluding carboxylic acids is 3. The van der Waals surface area contributed by atoms with Crippen LogP contribution in [0.3, 0.4) is 0 Å². The first-order valence-electron chi connectivity index (χ1n) is 7.02. The van der Waals surface area contributed by atoms with Gasteiger partial charge in [-0.2, -0.15) is 13.2 Å². The SMILES string of the molecule is O=C(/C=C/c1cccc(C(F)(F)F)c1)NNC(=O)C(=O)NC1CC1. The summed E-state index contributed by atoms with van der Waals surface area (Å²) in [5, 5.41) is 2.43. The molecule has 0 heterocycles. The standard InChI is InChI=1S/C15H14F3N3O3/c16-15(17,18)10-3-1-2-9(8-10)4-7-12(22)20-21-14(24)13(23)19-11-5-6-11/h1-4,7-8,11H,5-6H2,(H,19,23)(H,20,22)(H,21,24)/b7-4+. The predicted molar refractivity (Wildman–Crippen MR) is 77.9 cm³/mol. The molecule has 9 heteroatoms. The zero-order chi connectivity index (χ0) is 17.7. The smallest absolute Gasteiger partial charge is 0.345 e. The minimum Gasteiger partial charge on any atom is -0.345 e. The van der Waals surface area contributed by atoms with Gasteiger partial charge in [0.05, 0.1) is 5.56 Å². The Balaban J connectivity index is 1.84. The second kappa shape index (κ2) is 7.16. The number of hydrazine groups is 1. The van der Waals surface area contributed by atoms with Gasteiger partial charge < -0.3 is 5.32 Å². The van der Waals surface area contributed by atoms with E-state index in [9.17, 15) is 27.6 Å². The Morgan fingerprint density at radius 3 is 2.42 bits per heavy atom. The summed E-state index contributed by atoms with van der Waals surface area (Å²) in [5.74, 6) is -2.68. The zero-order valence-electron chi connectivity index (χ0n) is 12.3. The van der Waals surface area contributed by atoms with E-state index in [-0.39, 0.29) is 11.6 Å². The van der Waals surface area contributed by atoms with E-state index in [0.717, 1.165) is 37.1 Å². The predicted octanol–water partition coefficient (Wildman–Crippen LogP) is 1.14. The minimum atomic E-state index is -4.48.